The van der Waals surface area contributed by atoms with E-state index in [0.29, 0.717) is 10.8 Å². The molecule has 0 aromatic carbocycles. The molecule has 0 bridgehead atoms. The van der Waals surface area contributed by atoms with Crippen molar-refractivity contribution < 1.29 is 8.42 Å². The van der Waals surface area contributed by atoms with Gasteiger partial charge in [-0.3, -0.25) is 0 Å². The highest BCUT2D eigenvalue weighted by Crippen LogP contribution is 2.26. The third kappa shape index (κ3) is 2.97. The van der Waals surface area contributed by atoms with Crippen molar-refractivity contribution >= 4 is 48.6 Å². The summed E-state index contributed by atoms with van der Waals surface area (Å²) < 4.78 is 27.0. The fourth-order valence-corrected chi connectivity index (χ4v) is 5.27. The first-order chi connectivity index (χ1) is 8.00. The van der Waals surface area contributed by atoms with E-state index < -0.39 is 10.0 Å². The Kier molecular flexibility index (Phi) is 4.04. The zero-order valence-electron chi connectivity index (χ0n) is 8.96. The summed E-state index contributed by atoms with van der Waals surface area (Å²) >= 11 is 6.15. The van der Waals surface area contributed by atoms with Crippen LogP contribution in [0.5, 0.6) is 0 Å². The smallest absolute Gasteiger partial charge is 0.206 e. The maximum Gasteiger partial charge on any atom is 0.252 e. The number of hydrogen-bond acceptors (Lipinski definition) is 4. The third-order valence-corrected chi connectivity index (χ3v) is 6.95. The van der Waals surface area contributed by atoms with E-state index in [-0.39, 0.29) is 0 Å². The Morgan fingerprint density at radius 2 is 2.12 bits per heavy atom. The van der Waals surface area contributed by atoms with Crippen LogP contribution in [0.2, 0.25) is 0 Å². The fourth-order valence-electron chi connectivity index (χ4n) is 1.31. The lowest BCUT2D eigenvalue weighted by Crippen LogP contribution is -2.25. The van der Waals surface area contributed by atoms with Crippen molar-refractivity contribution in [1.29, 1.82) is 0 Å². The first kappa shape index (κ1) is 13.2. The number of hydrogen-bond donors (Lipinski definition) is 0. The summed E-state index contributed by atoms with van der Waals surface area (Å²) in [4.78, 5) is 1.01. The Morgan fingerprint density at radius 3 is 2.65 bits per heavy atom. The van der Waals surface area contributed by atoms with Crippen LogP contribution in [0.1, 0.15) is 4.88 Å². The molecule has 0 aliphatic heterocycles. The fraction of sp³-hybridized carbons (Fsp3) is 0.200. The van der Waals surface area contributed by atoms with E-state index in [4.69, 9.17) is 0 Å². The normalized spacial score (nSPS) is 12.2. The van der Waals surface area contributed by atoms with E-state index in [1.54, 1.807) is 35.9 Å². The van der Waals surface area contributed by atoms with Crippen LogP contribution in [-0.2, 0) is 16.6 Å². The second kappa shape index (κ2) is 5.19. The zero-order chi connectivity index (χ0) is 12.5. The van der Waals surface area contributed by atoms with Gasteiger partial charge in [0.2, 0.25) is 0 Å². The molecule has 7 heteroatoms. The monoisotopic (exact) mass is 351 g/mol. The molecule has 0 N–H and O–H groups in total. The minimum Gasteiger partial charge on any atom is -0.206 e. The third-order valence-electron chi connectivity index (χ3n) is 2.17. The molecule has 2 aromatic heterocycles. The quantitative estimate of drug-likeness (QED) is 0.846. The lowest BCUT2D eigenvalue weighted by atomic mass is 10.5. The molecule has 0 unspecified atom stereocenters. The van der Waals surface area contributed by atoms with Crippen molar-refractivity contribution in [3.05, 3.63) is 38.3 Å². The van der Waals surface area contributed by atoms with Crippen LogP contribution in [0, 0.1) is 0 Å². The van der Waals surface area contributed by atoms with E-state index in [1.807, 2.05) is 12.1 Å². The molecule has 92 valence electrons. The van der Waals surface area contributed by atoms with Crippen LogP contribution in [0.25, 0.3) is 0 Å². The number of halogens is 1. The minimum atomic E-state index is -3.34. The number of thiophene rings is 2. The predicted molar refractivity (Wildman–Crippen MR) is 75.0 cm³/mol. The van der Waals surface area contributed by atoms with E-state index in [2.05, 4.69) is 15.9 Å². The molecule has 17 heavy (non-hydrogen) atoms. The van der Waals surface area contributed by atoms with E-state index in [1.165, 1.54) is 15.6 Å². The van der Waals surface area contributed by atoms with Gasteiger partial charge in [0.1, 0.15) is 4.21 Å². The van der Waals surface area contributed by atoms with Gasteiger partial charge >= 0.3 is 0 Å². The van der Waals surface area contributed by atoms with Crippen molar-refractivity contribution in [3.63, 3.8) is 0 Å². The van der Waals surface area contributed by atoms with E-state index in [9.17, 15) is 8.42 Å². The Morgan fingerprint density at radius 1 is 1.35 bits per heavy atom. The Labute approximate surface area is 117 Å². The van der Waals surface area contributed by atoms with E-state index >= 15 is 0 Å². The molecule has 2 aromatic rings. The highest BCUT2D eigenvalue weighted by atomic mass is 79.9. The maximum absolute atomic E-state index is 12.1. The first-order valence-electron chi connectivity index (χ1n) is 4.74. The summed E-state index contributed by atoms with van der Waals surface area (Å²) in [5, 5.41) is 1.77. The van der Waals surface area contributed by atoms with Gasteiger partial charge in [-0.15, -0.1) is 22.7 Å². The van der Waals surface area contributed by atoms with Crippen molar-refractivity contribution in [2.24, 2.45) is 0 Å². The van der Waals surface area contributed by atoms with Crippen LogP contribution in [0.3, 0.4) is 0 Å². The predicted octanol–water partition coefficient (Wildman–Crippen LogP) is 3.39. The molecule has 3 nitrogen and oxygen atoms in total. The van der Waals surface area contributed by atoms with Gasteiger partial charge in [-0.05, 0) is 39.5 Å². The topological polar surface area (TPSA) is 37.4 Å². The lowest BCUT2D eigenvalue weighted by molar-refractivity contribution is 0.471. The second-order valence-corrected chi connectivity index (χ2v) is 9.17. The molecular weight excluding hydrogens is 342 g/mol. The summed E-state index contributed by atoms with van der Waals surface area (Å²) in [6, 6.07) is 7.22. The van der Waals surface area contributed by atoms with Crippen LogP contribution in [0.4, 0.5) is 0 Å². The highest BCUT2D eigenvalue weighted by Gasteiger charge is 2.22. The van der Waals surface area contributed by atoms with Gasteiger partial charge in [0.05, 0.1) is 3.79 Å². The molecule has 0 aliphatic carbocycles. The van der Waals surface area contributed by atoms with E-state index in [0.717, 1.165) is 8.66 Å². The SMILES string of the molecule is CN(Cc1ccc(Br)s1)S(=O)(=O)c1cccs1. The van der Waals surface area contributed by atoms with Crippen LogP contribution >= 0.6 is 38.6 Å². The second-order valence-electron chi connectivity index (χ2n) is 3.40. The molecule has 0 spiro atoms. The maximum atomic E-state index is 12.1. The molecule has 0 radical (unpaired) electrons. The number of rotatable bonds is 4. The van der Waals surface area contributed by atoms with Gasteiger partial charge in [-0.25, -0.2) is 8.42 Å². The van der Waals surface area contributed by atoms with Crippen molar-refractivity contribution in [2.75, 3.05) is 7.05 Å². The molecule has 2 rings (SSSR count). The largest absolute Gasteiger partial charge is 0.252 e. The van der Waals surface area contributed by atoms with Crippen molar-refractivity contribution in [2.45, 2.75) is 10.8 Å². The van der Waals surface area contributed by atoms with Gasteiger partial charge in [0.15, 0.2) is 0 Å². The lowest BCUT2D eigenvalue weighted by Gasteiger charge is -2.14. The van der Waals surface area contributed by atoms with Gasteiger partial charge in [0.25, 0.3) is 10.0 Å². The van der Waals surface area contributed by atoms with Gasteiger partial charge in [0, 0.05) is 18.5 Å². The summed E-state index contributed by atoms with van der Waals surface area (Å²) in [5.74, 6) is 0. The van der Waals surface area contributed by atoms with Crippen LogP contribution in [0.15, 0.2) is 37.6 Å². The Hall–Kier alpha value is -0.210. The molecule has 0 saturated heterocycles. The average Bonchev–Trinajstić information content (AvgIpc) is 2.89. The molecule has 0 atom stereocenters. The molecule has 0 amide bonds. The molecule has 0 aliphatic rings. The number of sulfonamides is 1. The first-order valence-corrected chi connectivity index (χ1v) is 8.67. The van der Waals surface area contributed by atoms with Crippen LogP contribution in [-0.4, -0.2) is 19.8 Å². The summed E-state index contributed by atoms with van der Waals surface area (Å²) in [7, 11) is -1.74. The Bertz CT molecular complexity index is 589. The summed E-state index contributed by atoms with van der Waals surface area (Å²) in [6.45, 7) is 0.399. The van der Waals surface area contributed by atoms with Gasteiger partial charge in [-0.1, -0.05) is 6.07 Å². The molecule has 0 saturated carbocycles. The molecular formula is C10H10BrNO2S3. The number of nitrogens with zero attached hydrogens (tertiary/aromatic N) is 1. The van der Waals surface area contributed by atoms with Crippen molar-refractivity contribution in [3.8, 4) is 0 Å². The Balaban J connectivity index is 2.18. The van der Waals surface area contributed by atoms with Crippen molar-refractivity contribution in [1.82, 2.24) is 4.31 Å². The zero-order valence-corrected chi connectivity index (χ0v) is 13.0. The summed E-state index contributed by atoms with van der Waals surface area (Å²) in [6.07, 6.45) is 0. The summed E-state index contributed by atoms with van der Waals surface area (Å²) in [5.41, 5.74) is 0. The highest BCUT2D eigenvalue weighted by molar-refractivity contribution is 9.11. The molecule has 2 heterocycles. The standard InChI is InChI=1S/C10H10BrNO2S3/c1-12(7-8-4-5-9(11)16-8)17(13,14)10-3-2-6-15-10/h2-6H,7H2,1H3. The average molecular weight is 352 g/mol. The van der Waals surface area contributed by atoms with Gasteiger partial charge in [-0.2, -0.15) is 4.31 Å². The minimum absolute atomic E-state index is 0.385. The van der Waals surface area contributed by atoms with Gasteiger partial charge < -0.3 is 0 Å². The molecule has 0 fully saturated rings. The van der Waals surface area contributed by atoms with Crippen LogP contribution < -0.4 is 0 Å².